The summed E-state index contributed by atoms with van der Waals surface area (Å²) in [5.41, 5.74) is 1.42. The van der Waals surface area contributed by atoms with E-state index in [1.807, 2.05) is 29.0 Å². The maximum atomic E-state index is 13.0. The Hall–Kier alpha value is -2.12. The van der Waals surface area contributed by atoms with Gasteiger partial charge >= 0.3 is 5.97 Å². The highest BCUT2D eigenvalue weighted by Gasteiger charge is 2.42. The van der Waals surface area contributed by atoms with Gasteiger partial charge < -0.3 is 4.74 Å². The van der Waals surface area contributed by atoms with Crippen LogP contribution >= 0.6 is 23.1 Å². The minimum atomic E-state index is -1.06. The molecule has 2 aromatic rings. The molecule has 1 aliphatic rings. The summed E-state index contributed by atoms with van der Waals surface area (Å²) in [7, 11) is 0. The number of thioether (sulfide) groups is 1. The number of esters is 1. The number of anilines is 1. The first-order chi connectivity index (χ1) is 11.5. The van der Waals surface area contributed by atoms with E-state index >= 15 is 0 Å². The Kier molecular flexibility index (Phi) is 4.73. The summed E-state index contributed by atoms with van der Waals surface area (Å²) in [5.74, 6) is -1.48. The van der Waals surface area contributed by atoms with Gasteiger partial charge in [-0.15, -0.1) is 11.8 Å². The van der Waals surface area contributed by atoms with Crippen LogP contribution < -0.4 is 4.90 Å². The normalized spacial score (nSPS) is 20.2. The van der Waals surface area contributed by atoms with Crippen molar-refractivity contribution < 1.29 is 19.1 Å². The number of hydrogen-bond acceptors (Lipinski definition) is 6. The van der Waals surface area contributed by atoms with E-state index in [1.165, 1.54) is 36.9 Å². The lowest BCUT2D eigenvalue weighted by atomic mass is 10.1. The van der Waals surface area contributed by atoms with E-state index in [4.69, 9.17) is 4.74 Å². The summed E-state index contributed by atoms with van der Waals surface area (Å²) in [5, 5.41) is 3.43. The number of hydrogen-bond donors (Lipinski definition) is 0. The number of rotatable bonds is 2. The molecule has 0 saturated heterocycles. The molecule has 0 radical (unpaired) electrons. The molecule has 1 aromatic heterocycles. The van der Waals surface area contributed by atoms with Gasteiger partial charge in [-0.25, -0.2) is 4.90 Å². The van der Waals surface area contributed by atoms with Gasteiger partial charge in [-0.3, -0.25) is 14.4 Å². The van der Waals surface area contributed by atoms with E-state index in [9.17, 15) is 14.4 Å². The van der Waals surface area contributed by atoms with E-state index in [1.54, 1.807) is 12.1 Å². The van der Waals surface area contributed by atoms with Crippen LogP contribution in [0.4, 0.5) is 5.69 Å². The highest BCUT2D eigenvalue weighted by Crippen LogP contribution is 2.47. The van der Waals surface area contributed by atoms with Crippen LogP contribution in [0, 0.1) is 0 Å². The average molecular weight is 361 g/mol. The number of fused-ring (bicyclic) bond motifs is 1. The predicted molar refractivity (Wildman–Crippen MR) is 93.1 cm³/mol. The fraction of sp³-hybridized carbons (Fsp3) is 0.235. The third kappa shape index (κ3) is 3.09. The van der Waals surface area contributed by atoms with Crippen molar-refractivity contribution in [2.75, 3.05) is 4.90 Å². The fourth-order valence-electron chi connectivity index (χ4n) is 2.61. The summed E-state index contributed by atoms with van der Waals surface area (Å²) < 4.78 is 5.33. The lowest BCUT2D eigenvalue weighted by molar-refractivity contribution is -0.153. The molecule has 0 aliphatic carbocycles. The van der Waals surface area contributed by atoms with Crippen LogP contribution in [0.1, 0.15) is 24.7 Å². The van der Waals surface area contributed by atoms with Crippen molar-refractivity contribution in [1.29, 1.82) is 0 Å². The van der Waals surface area contributed by atoms with Crippen molar-refractivity contribution in [3.8, 4) is 0 Å². The molecular formula is C17H15NO4S2. The molecule has 2 amide bonds. The first-order valence-corrected chi connectivity index (χ1v) is 9.11. The Morgan fingerprint density at radius 2 is 1.92 bits per heavy atom. The van der Waals surface area contributed by atoms with Crippen LogP contribution in [0.3, 0.4) is 0 Å². The Balaban J connectivity index is 2.15. The molecule has 0 N–H and O–H groups in total. The first kappa shape index (κ1) is 16.7. The Bertz CT molecular complexity index is 788. The van der Waals surface area contributed by atoms with Gasteiger partial charge in [-0.05, 0) is 34.5 Å². The molecule has 0 bridgehead atoms. The molecular weight excluding hydrogens is 346 g/mol. The molecule has 0 fully saturated rings. The van der Waals surface area contributed by atoms with Crippen LogP contribution in [0.2, 0.25) is 0 Å². The third-order valence-electron chi connectivity index (χ3n) is 3.58. The zero-order valence-electron chi connectivity index (χ0n) is 13.1. The molecule has 5 nitrogen and oxygen atoms in total. The summed E-state index contributed by atoms with van der Waals surface area (Å²) in [6, 6.07) is 9.11. The summed E-state index contributed by atoms with van der Waals surface area (Å²) in [6.45, 7) is 2.59. The standard InChI is InChI=1S/C17H15NO4S2/c1-10(19)18-13-5-3-4-6-14(13)24-16(12-7-8-23-9-12)15(17(18)21)22-11(2)20/h3-9,15-16H,1-2H3/t15-,16+/m1/s1. The molecule has 0 spiro atoms. The van der Waals surface area contributed by atoms with Crippen molar-refractivity contribution in [2.24, 2.45) is 0 Å². The predicted octanol–water partition coefficient (Wildman–Crippen LogP) is 3.41. The van der Waals surface area contributed by atoms with Crippen LogP contribution in [0.5, 0.6) is 0 Å². The molecule has 124 valence electrons. The fourth-order valence-corrected chi connectivity index (χ4v) is 4.68. The number of amides is 2. The molecule has 1 aromatic carbocycles. The van der Waals surface area contributed by atoms with Gasteiger partial charge in [-0.2, -0.15) is 11.3 Å². The SMILES string of the molecule is CC(=O)O[C@H]1C(=O)N(C(C)=O)c2ccccc2S[C@H]1c1ccsc1. The number of carbonyl (C=O) groups is 3. The van der Waals surface area contributed by atoms with Gasteiger partial charge in [0.1, 0.15) is 0 Å². The lowest BCUT2D eigenvalue weighted by Gasteiger charge is -2.25. The molecule has 1 aliphatic heterocycles. The van der Waals surface area contributed by atoms with E-state index in [0.29, 0.717) is 5.69 Å². The van der Waals surface area contributed by atoms with Crippen LogP contribution in [-0.2, 0) is 19.1 Å². The lowest BCUT2D eigenvalue weighted by Crippen LogP contribution is -2.44. The van der Waals surface area contributed by atoms with Crippen LogP contribution in [0.15, 0.2) is 46.0 Å². The molecule has 2 atom stereocenters. The minimum Gasteiger partial charge on any atom is -0.451 e. The second-order valence-electron chi connectivity index (χ2n) is 5.29. The smallest absolute Gasteiger partial charge is 0.303 e. The second kappa shape index (κ2) is 6.78. The summed E-state index contributed by atoms with van der Waals surface area (Å²) in [6.07, 6.45) is -1.06. The van der Waals surface area contributed by atoms with Gasteiger partial charge in [0.05, 0.1) is 10.9 Å². The largest absolute Gasteiger partial charge is 0.451 e. The molecule has 3 rings (SSSR count). The Morgan fingerprint density at radius 3 is 2.54 bits per heavy atom. The van der Waals surface area contributed by atoms with Crippen molar-refractivity contribution in [3.05, 3.63) is 46.7 Å². The summed E-state index contributed by atoms with van der Waals surface area (Å²) >= 11 is 2.93. The average Bonchev–Trinajstić information content (AvgIpc) is 3.02. The van der Waals surface area contributed by atoms with E-state index < -0.39 is 29.1 Å². The van der Waals surface area contributed by atoms with Crippen molar-refractivity contribution in [1.82, 2.24) is 0 Å². The Labute approximate surface area is 147 Å². The minimum absolute atomic E-state index is 0.404. The third-order valence-corrected chi connectivity index (χ3v) is 5.65. The van der Waals surface area contributed by atoms with Gasteiger partial charge in [0, 0.05) is 18.7 Å². The maximum Gasteiger partial charge on any atom is 0.303 e. The van der Waals surface area contributed by atoms with E-state index in [2.05, 4.69) is 0 Å². The van der Waals surface area contributed by atoms with E-state index in [-0.39, 0.29) is 0 Å². The summed E-state index contributed by atoms with van der Waals surface area (Å²) in [4.78, 5) is 38.6. The molecule has 0 unspecified atom stereocenters. The molecule has 24 heavy (non-hydrogen) atoms. The second-order valence-corrected chi connectivity index (χ2v) is 7.25. The Morgan fingerprint density at radius 1 is 1.17 bits per heavy atom. The number of ether oxygens (including phenoxy) is 1. The van der Waals surface area contributed by atoms with E-state index in [0.717, 1.165) is 15.4 Å². The maximum absolute atomic E-state index is 13.0. The number of thiophene rings is 1. The number of para-hydroxylation sites is 1. The van der Waals surface area contributed by atoms with Gasteiger partial charge in [0.25, 0.3) is 5.91 Å². The zero-order valence-corrected chi connectivity index (χ0v) is 14.7. The highest BCUT2D eigenvalue weighted by molar-refractivity contribution is 7.99. The van der Waals surface area contributed by atoms with Crippen molar-refractivity contribution in [3.63, 3.8) is 0 Å². The van der Waals surface area contributed by atoms with Crippen LogP contribution in [-0.4, -0.2) is 23.9 Å². The quantitative estimate of drug-likeness (QED) is 0.767. The van der Waals surface area contributed by atoms with Gasteiger partial charge in [0.2, 0.25) is 5.91 Å². The molecule has 2 heterocycles. The van der Waals surface area contributed by atoms with Crippen molar-refractivity contribution in [2.45, 2.75) is 30.1 Å². The monoisotopic (exact) mass is 361 g/mol. The number of nitrogens with zero attached hydrogens (tertiary/aromatic N) is 1. The first-order valence-electron chi connectivity index (χ1n) is 7.28. The van der Waals surface area contributed by atoms with Crippen molar-refractivity contribution >= 4 is 46.6 Å². The number of carbonyl (C=O) groups excluding carboxylic acids is 3. The zero-order chi connectivity index (χ0) is 17.3. The highest BCUT2D eigenvalue weighted by atomic mass is 32.2. The van der Waals surface area contributed by atoms with Crippen LogP contribution in [0.25, 0.3) is 0 Å². The van der Waals surface area contributed by atoms with Gasteiger partial charge in [-0.1, -0.05) is 12.1 Å². The molecule has 0 saturated carbocycles. The number of imide groups is 1. The molecule has 7 heteroatoms. The number of benzene rings is 1. The van der Waals surface area contributed by atoms with Gasteiger partial charge in [0.15, 0.2) is 6.10 Å². The topological polar surface area (TPSA) is 63.7 Å².